The van der Waals surface area contributed by atoms with E-state index in [2.05, 4.69) is 26.7 Å². The highest BCUT2D eigenvalue weighted by molar-refractivity contribution is 5.76. The van der Waals surface area contributed by atoms with Crippen LogP contribution in [0.25, 0.3) is 0 Å². The smallest absolute Gasteiger partial charge is 0.353 e. The molecule has 148 valence electrons. The molecular formula is C20H25N5O3. The van der Waals surface area contributed by atoms with Crippen LogP contribution in [-0.4, -0.2) is 28.5 Å². The molecule has 1 aromatic carbocycles. The van der Waals surface area contributed by atoms with Crippen molar-refractivity contribution in [3.63, 3.8) is 0 Å². The number of nitro groups is 1. The van der Waals surface area contributed by atoms with Crippen LogP contribution in [-0.2, 0) is 0 Å². The molecular weight excluding hydrogens is 358 g/mol. The monoisotopic (exact) mass is 383 g/mol. The van der Waals surface area contributed by atoms with E-state index in [-0.39, 0.29) is 17.3 Å². The molecule has 1 aliphatic carbocycles. The van der Waals surface area contributed by atoms with E-state index in [4.69, 9.17) is 4.74 Å². The lowest BCUT2D eigenvalue weighted by molar-refractivity contribution is -0.383. The van der Waals surface area contributed by atoms with E-state index >= 15 is 0 Å². The molecule has 0 saturated carbocycles. The predicted molar refractivity (Wildman–Crippen MR) is 109 cm³/mol. The quantitative estimate of drug-likeness (QED) is 0.385. The van der Waals surface area contributed by atoms with Gasteiger partial charge in [0.25, 0.3) is 0 Å². The van der Waals surface area contributed by atoms with E-state index in [9.17, 15) is 10.1 Å². The van der Waals surface area contributed by atoms with Crippen LogP contribution in [0.3, 0.4) is 0 Å². The minimum absolute atomic E-state index is 0.128. The van der Waals surface area contributed by atoms with E-state index in [0.29, 0.717) is 18.0 Å². The molecule has 1 heterocycles. The number of nitrogens with one attached hydrogen (secondary N) is 2. The number of aryl methyl sites for hydroxylation is 1. The topological polar surface area (TPSA) is 102 Å². The Balaban J connectivity index is 1.80. The van der Waals surface area contributed by atoms with Crippen molar-refractivity contribution in [2.24, 2.45) is 0 Å². The standard InChI is InChI=1S/C20H25N5O3/c1-14-8-9-17(28-2)16(12-14)24-20-18(25(26)27)19(22-13-23-20)21-11-10-15-6-4-3-5-7-15/h6,8-9,12-13H,3-5,7,10-11H2,1-2H3,(H2,21,22,23,24). The van der Waals surface area contributed by atoms with Crippen LogP contribution in [0, 0.1) is 17.0 Å². The number of allylic oxidation sites excluding steroid dienone is 1. The van der Waals surface area contributed by atoms with Crippen LogP contribution >= 0.6 is 0 Å². The molecule has 1 aliphatic rings. The lowest BCUT2D eigenvalue weighted by atomic mass is 9.97. The minimum Gasteiger partial charge on any atom is -0.495 e. The van der Waals surface area contributed by atoms with Gasteiger partial charge in [-0.15, -0.1) is 0 Å². The Morgan fingerprint density at radius 3 is 2.79 bits per heavy atom. The van der Waals surface area contributed by atoms with Crippen molar-refractivity contribution in [2.75, 3.05) is 24.3 Å². The molecule has 8 nitrogen and oxygen atoms in total. The van der Waals surface area contributed by atoms with Gasteiger partial charge < -0.3 is 15.4 Å². The summed E-state index contributed by atoms with van der Waals surface area (Å²) < 4.78 is 5.34. The van der Waals surface area contributed by atoms with E-state index in [1.54, 1.807) is 7.11 Å². The second-order valence-electron chi connectivity index (χ2n) is 6.79. The molecule has 0 aliphatic heterocycles. The van der Waals surface area contributed by atoms with Gasteiger partial charge in [-0.1, -0.05) is 17.7 Å². The van der Waals surface area contributed by atoms with Crippen LogP contribution in [0.5, 0.6) is 5.75 Å². The third-order valence-electron chi connectivity index (χ3n) is 4.74. The lowest BCUT2D eigenvalue weighted by Gasteiger charge is -2.14. The maximum absolute atomic E-state index is 11.7. The fourth-order valence-corrected chi connectivity index (χ4v) is 3.29. The summed E-state index contributed by atoms with van der Waals surface area (Å²) in [4.78, 5) is 19.4. The molecule has 0 spiro atoms. The normalized spacial score (nSPS) is 13.6. The molecule has 2 aromatic rings. The summed E-state index contributed by atoms with van der Waals surface area (Å²) in [7, 11) is 1.55. The molecule has 0 fully saturated rings. The number of hydrogen-bond acceptors (Lipinski definition) is 7. The predicted octanol–water partition coefficient (Wildman–Crippen LogP) is 4.75. The van der Waals surface area contributed by atoms with E-state index in [0.717, 1.165) is 24.8 Å². The summed E-state index contributed by atoms with van der Waals surface area (Å²) in [6.45, 7) is 2.53. The SMILES string of the molecule is COc1ccc(C)cc1Nc1ncnc(NCCC2=CCCCC2)c1[N+](=O)[O-]. The average Bonchev–Trinajstić information content (AvgIpc) is 2.69. The molecule has 28 heavy (non-hydrogen) atoms. The zero-order chi connectivity index (χ0) is 19.9. The molecule has 0 unspecified atom stereocenters. The zero-order valence-electron chi connectivity index (χ0n) is 16.2. The van der Waals surface area contributed by atoms with Gasteiger partial charge in [-0.3, -0.25) is 10.1 Å². The van der Waals surface area contributed by atoms with E-state index in [1.807, 2.05) is 25.1 Å². The van der Waals surface area contributed by atoms with Crippen molar-refractivity contribution in [3.05, 3.63) is 51.9 Å². The molecule has 0 bridgehead atoms. The van der Waals surface area contributed by atoms with Gasteiger partial charge in [-0.05, 0) is 56.7 Å². The van der Waals surface area contributed by atoms with Crippen LogP contribution in [0.2, 0.25) is 0 Å². The van der Waals surface area contributed by atoms with Gasteiger partial charge in [0.2, 0.25) is 11.6 Å². The van der Waals surface area contributed by atoms with Crippen LogP contribution in [0.15, 0.2) is 36.2 Å². The van der Waals surface area contributed by atoms with Crippen LogP contribution in [0.1, 0.15) is 37.7 Å². The number of nitrogens with zero attached hydrogens (tertiary/aromatic N) is 3. The summed E-state index contributed by atoms with van der Waals surface area (Å²) in [5.41, 5.74) is 2.84. The Morgan fingerprint density at radius 2 is 2.07 bits per heavy atom. The van der Waals surface area contributed by atoms with Gasteiger partial charge in [0.1, 0.15) is 12.1 Å². The summed E-state index contributed by atoms with van der Waals surface area (Å²) in [5.74, 6) is 0.922. The first kappa shape index (κ1) is 19.6. The van der Waals surface area contributed by atoms with Crippen LogP contribution < -0.4 is 15.4 Å². The van der Waals surface area contributed by atoms with Crippen molar-refractivity contribution < 1.29 is 9.66 Å². The fourth-order valence-electron chi connectivity index (χ4n) is 3.29. The third kappa shape index (κ3) is 4.76. The Bertz CT molecular complexity index is 882. The summed E-state index contributed by atoms with van der Waals surface area (Å²) in [6.07, 6.45) is 9.13. The number of rotatable bonds is 8. The number of aromatic nitrogens is 2. The van der Waals surface area contributed by atoms with Crippen molar-refractivity contribution in [2.45, 2.75) is 39.0 Å². The van der Waals surface area contributed by atoms with Crippen molar-refractivity contribution >= 4 is 23.0 Å². The highest BCUT2D eigenvalue weighted by Gasteiger charge is 2.23. The molecule has 0 atom stereocenters. The zero-order valence-corrected chi connectivity index (χ0v) is 16.2. The van der Waals surface area contributed by atoms with Crippen molar-refractivity contribution in [1.82, 2.24) is 9.97 Å². The highest BCUT2D eigenvalue weighted by Crippen LogP contribution is 2.34. The maximum Gasteiger partial charge on any atom is 0.353 e. The Labute approximate surface area is 164 Å². The number of anilines is 3. The van der Waals surface area contributed by atoms with E-state index < -0.39 is 4.92 Å². The molecule has 0 saturated heterocycles. The number of ether oxygens (including phenoxy) is 1. The second-order valence-corrected chi connectivity index (χ2v) is 6.79. The molecule has 0 radical (unpaired) electrons. The lowest BCUT2D eigenvalue weighted by Crippen LogP contribution is -2.10. The summed E-state index contributed by atoms with van der Waals surface area (Å²) in [6, 6.07) is 5.57. The van der Waals surface area contributed by atoms with Gasteiger partial charge >= 0.3 is 5.69 Å². The molecule has 2 N–H and O–H groups in total. The maximum atomic E-state index is 11.7. The second kappa shape index (κ2) is 9.16. The first-order valence-electron chi connectivity index (χ1n) is 9.41. The third-order valence-corrected chi connectivity index (χ3v) is 4.74. The minimum atomic E-state index is -0.465. The Hall–Kier alpha value is -3.16. The van der Waals surface area contributed by atoms with Gasteiger partial charge in [0, 0.05) is 6.54 Å². The fraction of sp³-hybridized carbons (Fsp3) is 0.400. The first-order chi connectivity index (χ1) is 13.6. The number of methoxy groups -OCH3 is 1. The number of hydrogen-bond donors (Lipinski definition) is 2. The molecule has 3 rings (SSSR count). The first-order valence-corrected chi connectivity index (χ1v) is 9.41. The highest BCUT2D eigenvalue weighted by atomic mass is 16.6. The molecule has 1 aromatic heterocycles. The summed E-state index contributed by atoms with van der Waals surface area (Å²) in [5, 5.41) is 17.9. The van der Waals surface area contributed by atoms with Gasteiger partial charge in [-0.25, -0.2) is 9.97 Å². The molecule has 8 heteroatoms. The number of benzene rings is 1. The van der Waals surface area contributed by atoms with Gasteiger partial charge in [-0.2, -0.15) is 0 Å². The summed E-state index contributed by atoms with van der Waals surface area (Å²) >= 11 is 0. The average molecular weight is 383 g/mol. The Kier molecular flexibility index (Phi) is 6.41. The molecule has 0 amide bonds. The van der Waals surface area contributed by atoms with Crippen molar-refractivity contribution in [1.29, 1.82) is 0 Å². The van der Waals surface area contributed by atoms with Gasteiger partial charge in [0.05, 0.1) is 17.7 Å². The Morgan fingerprint density at radius 1 is 1.25 bits per heavy atom. The van der Waals surface area contributed by atoms with E-state index in [1.165, 1.54) is 24.7 Å². The van der Waals surface area contributed by atoms with Crippen LogP contribution in [0.4, 0.5) is 23.0 Å². The largest absolute Gasteiger partial charge is 0.495 e. The van der Waals surface area contributed by atoms with Gasteiger partial charge in [0.15, 0.2) is 0 Å². The van der Waals surface area contributed by atoms with Crippen molar-refractivity contribution in [3.8, 4) is 5.75 Å².